The van der Waals surface area contributed by atoms with Crippen molar-refractivity contribution in [3.63, 3.8) is 0 Å². The van der Waals surface area contributed by atoms with E-state index in [0.717, 1.165) is 50.6 Å². The van der Waals surface area contributed by atoms with Crippen LogP contribution >= 0.6 is 11.3 Å². The van der Waals surface area contributed by atoms with E-state index in [0.29, 0.717) is 11.5 Å². The number of rotatable bonds is 7. The second kappa shape index (κ2) is 20.2. The molecule has 414 valence electrons. The number of hydrogen-bond acceptors (Lipinski definition) is 5. The Morgan fingerprint density at radius 2 is 1.01 bits per heavy atom. The third-order valence-electron chi connectivity index (χ3n) is 16.1. The smallest absolute Gasteiger partial charge is 0.135 e. The Morgan fingerprint density at radius 3 is 1.60 bits per heavy atom. The van der Waals surface area contributed by atoms with Crippen molar-refractivity contribution < 1.29 is 25.8 Å². The minimum absolute atomic E-state index is 0. The number of pyridine rings is 1. The van der Waals surface area contributed by atoms with Crippen LogP contribution in [0.15, 0.2) is 164 Å². The van der Waals surface area contributed by atoms with E-state index in [2.05, 4.69) is 295 Å². The molecule has 0 radical (unpaired) electrons. The van der Waals surface area contributed by atoms with Crippen molar-refractivity contribution in [3.05, 3.63) is 211 Å². The van der Waals surface area contributed by atoms with E-state index in [9.17, 15) is 0 Å². The summed E-state index contributed by atoms with van der Waals surface area (Å²) >= 11 is 1.85. The van der Waals surface area contributed by atoms with Gasteiger partial charge in [0.2, 0.25) is 0 Å². The second-order valence-corrected chi connectivity index (χ2v) is 28.2. The van der Waals surface area contributed by atoms with Crippen LogP contribution in [0.1, 0.15) is 132 Å². The van der Waals surface area contributed by atoms with E-state index in [1.165, 1.54) is 70.1 Å². The SMILES string of the molecule is CC(C)(C)c1ccc(-c2cc(C(C)(C)C)cc(-c3ccc(C(C)(C)C)cc3)c2N2[CH-]N(c3[c-]c(Oc4[c-]c5c(cc4)c4c6sc7ccccc7c6ccc4n5-c4cc(C(C)(C)C)ccn4)cc(C(C)(C)C)c3)c3ccccc32)cc1.[Pt]. The van der Waals surface area contributed by atoms with Gasteiger partial charge in [-0.05, 0) is 114 Å². The van der Waals surface area contributed by atoms with E-state index in [-0.39, 0.29) is 48.1 Å². The normalized spacial score (nSPS) is 13.4. The van der Waals surface area contributed by atoms with Gasteiger partial charge in [0.1, 0.15) is 5.82 Å². The molecule has 0 saturated heterocycles. The van der Waals surface area contributed by atoms with Crippen molar-refractivity contribution in [2.24, 2.45) is 0 Å². The molecule has 5 nitrogen and oxygen atoms in total. The van der Waals surface area contributed by atoms with Crippen molar-refractivity contribution in [3.8, 4) is 39.6 Å². The van der Waals surface area contributed by atoms with Crippen LogP contribution in [0.3, 0.4) is 0 Å². The Bertz CT molecular complexity index is 4130. The fraction of sp³-hybridized carbons (Fsp3) is 0.270. The number of ether oxygens (including phenoxy) is 1. The van der Waals surface area contributed by atoms with Gasteiger partial charge in [-0.2, -0.15) is 6.07 Å². The number of anilines is 4. The second-order valence-electron chi connectivity index (χ2n) is 27.1. The molecule has 0 bridgehead atoms. The molecule has 81 heavy (non-hydrogen) atoms. The topological polar surface area (TPSA) is 33.5 Å². The van der Waals surface area contributed by atoms with Crippen molar-refractivity contribution >= 4 is 76.1 Å². The number of thiophene rings is 1. The molecule has 0 fully saturated rings. The first kappa shape index (κ1) is 55.9. The maximum absolute atomic E-state index is 7.09. The number of benzene rings is 8. The predicted molar refractivity (Wildman–Crippen MR) is 341 cm³/mol. The molecule has 0 N–H and O–H groups in total. The van der Waals surface area contributed by atoms with Gasteiger partial charge >= 0.3 is 0 Å². The van der Waals surface area contributed by atoms with Gasteiger partial charge < -0.3 is 19.1 Å². The summed E-state index contributed by atoms with van der Waals surface area (Å²) in [4.78, 5) is 9.75. The molecule has 0 spiro atoms. The van der Waals surface area contributed by atoms with Gasteiger partial charge in [-0.3, -0.25) is 0 Å². The fourth-order valence-corrected chi connectivity index (χ4v) is 12.6. The van der Waals surface area contributed by atoms with Gasteiger partial charge in [0.25, 0.3) is 0 Å². The van der Waals surface area contributed by atoms with Crippen molar-refractivity contribution in [1.82, 2.24) is 9.55 Å². The molecule has 4 heterocycles. The van der Waals surface area contributed by atoms with Gasteiger partial charge in [0.15, 0.2) is 0 Å². The molecule has 0 atom stereocenters. The van der Waals surface area contributed by atoms with Crippen LogP contribution in [0, 0.1) is 18.8 Å². The molecule has 1 aliphatic heterocycles. The fourth-order valence-electron chi connectivity index (χ4n) is 11.3. The standard InChI is InChI=1S/C74H73N4OS.Pt/c1-70(2,3)48-28-24-46(25-29-48)59-40-52(74(13,14)15)41-60(47-26-30-49(31-27-47)71(4,5)6)68(59)77-45-76(61-21-17-18-22-62(61)77)53-38-51(73(10,11)12)39-55(43-53)79-54-32-33-58-64(44-54)78(66-42-50(36-37-75-66)72(7,8)9)63-35-34-57-56-20-16-19-23-65(56)80-69(57)67(58)63;/h16-42,45H,1-15H3;/q-3;. The summed E-state index contributed by atoms with van der Waals surface area (Å²) in [6.45, 7) is 36.5. The zero-order chi connectivity index (χ0) is 56.4. The number of hydrogen-bond donors (Lipinski definition) is 0. The molecule has 0 amide bonds. The number of para-hydroxylation sites is 2. The Kier molecular flexibility index (Phi) is 13.9. The average Bonchev–Trinajstić information content (AvgIpc) is 4.21. The number of aromatic nitrogens is 2. The summed E-state index contributed by atoms with van der Waals surface area (Å²) < 4.78 is 11.9. The summed E-state index contributed by atoms with van der Waals surface area (Å²) in [5, 5.41) is 4.83. The average molecular weight is 1260 g/mol. The predicted octanol–water partition coefficient (Wildman–Crippen LogP) is 21.2. The molecular weight excluding hydrogens is 1190 g/mol. The maximum Gasteiger partial charge on any atom is 0.135 e. The van der Waals surface area contributed by atoms with Gasteiger partial charge in [-0.25, -0.2) is 4.98 Å². The van der Waals surface area contributed by atoms with Crippen LogP contribution < -0.4 is 14.5 Å². The summed E-state index contributed by atoms with van der Waals surface area (Å²) in [5.74, 6) is 2.07. The molecular formula is C74H73N4OPtS-3. The van der Waals surface area contributed by atoms with E-state index < -0.39 is 0 Å². The van der Waals surface area contributed by atoms with Gasteiger partial charge in [-0.15, -0.1) is 65.0 Å². The van der Waals surface area contributed by atoms with Crippen molar-refractivity contribution in [1.29, 1.82) is 0 Å². The minimum atomic E-state index is -0.220. The summed E-state index contributed by atoms with van der Waals surface area (Å²) in [5.41, 5.74) is 16.7. The molecule has 11 aromatic rings. The van der Waals surface area contributed by atoms with E-state index in [1.807, 2.05) is 17.5 Å². The monoisotopic (exact) mass is 1260 g/mol. The summed E-state index contributed by atoms with van der Waals surface area (Å²) in [6, 6.07) is 66.1. The molecule has 3 aromatic heterocycles. The van der Waals surface area contributed by atoms with E-state index >= 15 is 0 Å². The van der Waals surface area contributed by atoms with E-state index in [1.54, 1.807) is 0 Å². The first-order chi connectivity index (χ1) is 37.8. The Morgan fingerprint density at radius 1 is 0.469 bits per heavy atom. The van der Waals surface area contributed by atoms with Crippen LogP contribution in [0.4, 0.5) is 22.7 Å². The Balaban J connectivity index is 0.00000690. The molecule has 1 aliphatic rings. The maximum atomic E-state index is 7.09. The number of fused-ring (bicyclic) bond motifs is 8. The van der Waals surface area contributed by atoms with Gasteiger partial charge in [0.05, 0.1) is 0 Å². The summed E-state index contributed by atoms with van der Waals surface area (Å²) in [6.07, 6.45) is 1.94. The van der Waals surface area contributed by atoms with Gasteiger partial charge in [0, 0.05) is 92.6 Å². The molecule has 12 rings (SSSR count). The zero-order valence-electron chi connectivity index (χ0n) is 49.6. The summed E-state index contributed by atoms with van der Waals surface area (Å²) in [7, 11) is 0. The molecule has 0 saturated carbocycles. The molecule has 0 unspecified atom stereocenters. The third-order valence-corrected chi connectivity index (χ3v) is 17.3. The Hall–Kier alpha value is -6.98. The van der Waals surface area contributed by atoms with Crippen LogP contribution in [-0.2, 0) is 48.1 Å². The zero-order valence-corrected chi connectivity index (χ0v) is 52.7. The van der Waals surface area contributed by atoms with Crippen LogP contribution in [0.25, 0.3) is 70.0 Å². The third kappa shape index (κ3) is 10.3. The molecule has 8 aromatic carbocycles. The first-order valence-electron chi connectivity index (χ1n) is 28.3. The quantitative estimate of drug-likeness (QED) is 0.149. The minimum Gasteiger partial charge on any atom is -0.509 e. The molecule has 0 aliphatic carbocycles. The molecule has 7 heteroatoms. The van der Waals surface area contributed by atoms with Crippen LogP contribution in [0.5, 0.6) is 11.5 Å². The van der Waals surface area contributed by atoms with Crippen LogP contribution in [-0.4, -0.2) is 9.55 Å². The van der Waals surface area contributed by atoms with Crippen molar-refractivity contribution in [2.45, 2.75) is 131 Å². The first-order valence-corrected chi connectivity index (χ1v) is 29.1. The Labute approximate surface area is 498 Å². The van der Waals surface area contributed by atoms with Crippen molar-refractivity contribution in [2.75, 3.05) is 9.80 Å². The van der Waals surface area contributed by atoms with Crippen LogP contribution in [0.2, 0.25) is 0 Å². The number of nitrogens with zero attached hydrogens (tertiary/aromatic N) is 4. The van der Waals surface area contributed by atoms with E-state index in [4.69, 9.17) is 9.72 Å². The largest absolute Gasteiger partial charge is 0.509 e. The van der Waals surface area contributed by atoms with Gasteiger partial charge in [-0.1, -0.05) is 194 Å².